The van der Waals surface area contributed by atoms with Gasteiger partial charge in [-0.1, -0.05) is 6.07 Å². The molecule has 6 heteroatoms. The number of hydrogen-bond donors (Lipinski definition) is 1. The maximum atomic E-state index is 12.7. The van der Waals surface area contributed by atoms with Crippen LogP contribution in [-0.2, 0) is 4.79 Å². The van der Waals surface area contributed by atoms with E-state index >= 15 is 0 Å². The van der Waals surface area contributed by atoms with Crippen LogP contribution in [0.3, 0.4) is 0 Å². The Kier molecular flexibility index (Phi) is 3.89. The summed E-state index contributed by atoms with van der Waals surface area (Å²) < 4.78 is 0. The molecule has 1 aromatic heterocycles. The van der Waals surface area contributed by atoms with Crippen LogP contribution in [0, 0.1) is 11.3 Å². The molecule has 1 saturated carbocycles. The Morgan fingerprint density at radius 1 is 1.13 bits per heavy atom. The van der Waals surface area contributed by atoms with Gasteiger partial charge in [0.1, 0.15) is 0 Å². The summed E-state index contributed by atoms with van der Waals surface area (Å²) in [4.78, 5) is 29.8. The van der Waals surface area contributed by atoms with Crippen molar-refractivity contribution in [2.45, 2.75) is 19.3 Å². The lowest BCUT2D eigenvalue weighted by atomic mass is 9.91. The summed E-state index contributed by atoms with van der Waals surface area (Å²) in [6, 6.07) is 3.78. The zero-order valence-electron chi connectivity index (χ0n) is 13.3. The van der Waals surface area contributed by atoms with Crippen molar-refractivity contribution in [2.75, 3.05) is 39.3 Å². The lowest BCUT2D eigenvalue weighted by Crippen LogP contribution is -2.51. The molecule has 23 heavy (non-hydrogen) atoms. The molecule has 2 amide bonds. The fraction of sp³-hybridized carbons (Fsp3) is 0.647. The third kappa shape index (κ3) is 2.78. The highest BCUT2D eigenvalue weighted by molar-refractivity contribution is 7.12. The number of amides is 2. The van der Waals surface area contributed by atoms with Gasteiger partial charge in [-0.05, 0) is 49.2 Å². The number of nitrogens with zero attached hydrogens (tertiary/aromatic N) is 2. The Bertz CT molecular complexity index is 587. The van der Waals surface area contributed by atoms with E-state index < -0.39 is 0 Å². The van der Waals surface area contributed by atoms with E-state index in [9.17, 15) is 9.59 Å². The van der Waals surface area contributed by atoms with Crippen molar-refractivity contribution in [2.24, 2.45) is 11.3 Å². The maximum Gasteiger partial charge on any atom is 0.264 e. The molecule has 0 aromatic carbocycles. The average Bonchev–Trinajstić information content (AvgIpc) is 3.02. The first-order valence-corrected chi connectivity index (χ1v) is 9.40. The molecule has 1 aromatic rings. The Balaban J connectivity index is 1.31. The summed E-state index contributed by atoms with van der Waals surface area (Å²) in [6.45, 7) is 4.77. The highest BCUT2D eigenvalue weighted by atomic mass is 32.1. The lowest BCUT2D eigenvalue weighted by molar-refractivity contribution is -0.135. The first-order valence-electron chi connectivity index (χ1n) is 8.52. The predicted octanol–water partition coefficient (Wildman–Crippen LogP) is 1.42. The molecule has 5 nitrogen and oxygen atoms in total. The van der Waals surface area contributed by atoms with E-state index in [4.69, 9.17) is 0 Å². The van der Waals surface area contributed by atoms with Gasteiger partial charge in [0.05, 0.1) is 4.88 Å². The van der Waals surface area contributed by atoms with Crippen LogP contribution in [0.15, 0.2) is 17.5 Å². The predicted molar refractivity (Wildman–Crippen MR) is 89.4 cm³/mol. The van der Waals surface area contributed by atoms with Crippen molar-refractivity contribution in [3.05, 3.63) is 22.4 Å². The minimum absolute atomic E-state index is 0.105. The monoisotopic (exact) mass is 333 g/mol. The zero-order chi connectivity index (χ0) is 15.9. The minimum Gasteiger partial charge on any atom is -0.339 e. The summed E-state index contributed by atoms with van der Waals surface area (Å²) >= 11 is 1.48. The molecule has 4 rings (SSSR count). The molecule has 3 heterocycles. The molecule has 124 valence electrons. The second-order valence-electron chi connectivity index (χ2n) is 6.96. The normalized spacial score (nSPS) is 26.3. The van der Waals surface area contributed by atoms with Gasteiger partial charge in [0.2, 0.25) is 5.91 Å². The molecule has 0 bridgehead atoms. The molecular formula is C17H23N3O2S. The zero-order valence-corrected chi connectivity index (χ0v) is 14.1. The summed E-state index contributed by atoms with van der Waals surface area (Å²) in [5.74, 6) is 0.674. The van der Waals surface area contributed by atoms with Crippen LogP contribution in [-0.4, -0.2) is 60.9 Å². The lowest BCUT2D eigenvalue weighted by Gasteiger charge is -2.35. The molecule has 2 aliphatic heterocycles. The topological polar surface area (TPSA) is 52.7 Å². The minimum atomic E-state index is 0.105. The Hall–Kier alpha value is -1.40. The second-order valence-corrected chi connectivity index (χ2v) is 7.91. The second kappa shape index (κ2) is 5.91. The van der Waals surface area contributed by atoms with Crippen LogP contribution >= 0.6 is 11.3 Å². The standard InChI is InChI=1S/C17H23N3O2S/c21-15(13-12-17(13)3-5-18-6-4-17)19-7-9-20(10-8-19)16(22)14-2-1-11-23-14/h1-2,11,13,18H,3-10,12H2. The van der Waals surface area contributed by atoms with Gasteiger partial charge < -0.3 is 15.1 Å². The molecule has 1 atom stereocenters. The molecule has 1 N–H and O–H groups in total. The van der Waals surface area contributed by atoms with E-state index in [0.717, 1.165) is 37.2 Å². The molecular weight excluding hydrogens is 310 g/mol. The fourth-order valence-electron chi connectivity index (χ4n) is 4.08. The van der Waals surface area contributed by atoms with E-state index in [0.29, 0.717) is 37.5 Å². The van der Waals surface area contributed by atoms with Crippen LogP contribution in [0.25, 0.3) is 0 Å². The molecule has 1 unspecified atom stereocenters. The smallest absolute Gasteiger partial charge is 0.264 e. The Labute approximate surface area is 140 Å². The third-order valence-electron chi connectivity index (χ3n) is 5.70. The molecule has 2 saturated heterocycles. The largest absolute Gasteiger partial charge is 0.339 e. The van der Waals surface area contributed by atoms with Gasteiger partial charge in [0, 0.05) is 32.1 Å². The number of hydrogen-bond acceptors (Lipinski definition) is 4. The van der Waals surface area contributed by atoms with Crippen LogP contribution in [0.1, 0.15) is 28.9 Å². The van der Waals surface area contributed by atoms with Gasteiger partial charge in [-0.3, -0.25) is 9.59 Å². The first-order chi connectivity index (χ1) is 11.2. The number of carbonyl (C=O) groups excluding carboxylic acids is 2. The molecule has 3 aliphatic rings. The number of rotatable bonds is 2. The number of nitrogens with one attached hydrogen (secondary N) is 1. The van der Waals surface area contributed by atoms with E-state index in [1.54, 1.807) is 0 Å². The molecule has 1 spiro atoms. The van der Waals surface area contributed by atoms with E-state index in [1.165, 1.54) is 11.3 Å². The number of thiophene rings is 1. The fourth-order valence-corrected chi connectivity index (χ4v) is 4.77. The summed E-state index contributed by atoms with van der Waals surface area (Å²) in [5.41, 5.74) is 0.298. The van der Waals surface area contributed by atoms with Crippen molar-refractivity contribution in [1.29, 1.82) is 0 Å². The SMILES string of the molecule is O=C(c1cccs1)N1CCN(C(=O)C2CC23CCNCC3)CC1. The van der Waals surface area contributed by atoms with Crippen molar-refractivity contribution >= 4 is 23.2 Å². The Morgan fingerprint density at radius 3 is 2.48 bits per heavy atom. The number of piperazine rings is 1. The van der Waals surface area contributed by atoms with Crippen LogP contribution in [0.2, 0.25) is 0 Å². The van der Waals surface area contributed by atoms with Crippen molar-refractivity contribution in [3.63, 3.8) is 0 Å². The third-order valence-corrected chi connectivity index (χ3v) is 6.56. The van der Waals surface area contributed by atoms with E-state index in [1.807, 2.05) is 27.3 Å². The summed E-state index contributed by atoms with van der Waals surface area (Å²) in [6.07, 6.45) is 3.35. The van der Waals surface area contributed by atoms with Crippen molar-refractivity contribution < 1.29 is 9.59 Å². The summed E-state index contributed by atoms with van der Waals surface area (Å²) in [7, 11) is 0. The average molecular weight is 333 g/mol. The first kappa shape index (κ1) is 15.1. The quantitative estimate of drug-likeness (QED) is 0.891. The van der Waals surface area contributed by atoms with Gasteiger partial charge >= 0.3 is 0 Å². The van der Waals surface area contributed by atoms with Crippen LogP contribution in [0.4, 0.5) is 0 Å². The molecule has 1 aliphatic carbocycles. The number of carbonyl (C=O) groups is 2. The highest BCUT2D eigenvalue weighted by Crippen LogP contribution is 2.59. The Morgan fingerprint density at radius 2 is 1.83 bits per heavy atom. The van der Waals surface area contributed by atoms with Gasteiger partial charge in [0.15, 0.2) is 0 Å². The number of piperidine rings is 1. The van der Waals surface area contributed by atoms with Gasteiger partial charge in [-0.25, -0.2) is 0 Å². The van der Waals surface area contributed by atoms with Gasteiger partial charge in [-0.2, -0.15) is 0 Å². The van der Waals surface area contributed by atoms with Gasteiger partial charge in [-0.15, -0.1) is 11.3 Å². The molecule has 0 radical (unpaired) electrons. The van der Waals surface area contributed by atoms with Gasteiger partial charge in [0.25, 0.3) is 5.91 Å². The highest BCUT2D eigenvalue weighted by Gasteiger charge is 2.58. The summed E-state index contributed by atoms with van der Waals surface area (Å²) in [5, 5.41) is 5.31. The van der Waals surface area contributed by atoms with E-state index in [-0.39, 0.29) is 11.8 Å². The van der Waals surface area contributed by atoms with E-state index in [2.05, 4.69) is 5.32 Å². The van der Waals surface area contributed by atoms with Crippen molar-refractivity contribution in [1.82, 2.24) is 15.1 Å². The molecule has 3 fully saturated rings. The maximum absolute atomic E-state index is 12.7. The van der Waals surface area contributed by atoms with Crippen molar-refractivity contribution in [3.8, 4) is 0 Å². The van der Waals surface area contributed by atoms with Crippen LogP contribution in [0.5, 0.6) is 0 Å². The van der Waals surface area contributed by atoms with Crippen LogP contribution < -0.4 is 5.32 Å².